The summed E-state index contributed by atoms with van der Waals surface area (Å²) in [5, 5.41) is 0.462. The van der Waals surface area contributed by atoms with Gasteiger partial charge in [0.25, 0.3) is 5.91 Å². The fourth-order valence-electron chi connectivity index (χ4n) is 4.45. The van der Waals surface area contributed by atoms with Crippen LogP contribution in [0.1, 0.15) is 66.4 Å². The number of hydrogen-bond acceptors (Lipinski definition) is 5. The van der Waals surface area contributed by atoms with E-state index in [-0.39, 0.29) is 17.1 Å². The second-order valence-corrected chi connectivity index (χ2v) is 9.14. The topological polar surface area (TPSA) is 63.0 Å². The highest BCUT2D eigenvalue weighted by Gasteiger charge is 2.42. The fraction of sp³-hybridized carbons (Fsp3) is 0.407. The molecule has 3 aromatic rings. The minimum absolute atomic E-state index is 0.143. The van der Waals surface area contributed by atoms with Crippen molar-refractivity contribution in [3.05, 3.63) is 75.1 Å². The van der Waals surface area contributed by atoms with Crippen molar-refractivity contribution in [2.45, 2.75) is 39.2 Å². The van der Waals surface area contributed by atoms with E-state index in [0.29, 0.717) is 41.4 Å². The molecule has 1 amide bonds. The molecule has 33 heavy (non-hydrogen) atoms. The van der Waals surface area contributed by atoms with Gasteiger partial charge >= 0.3 is 0 Å². The molecule has 4 rings (SSSR count). The third-order valence-corrected chi connectivity index (χ3v) is 6.17. The van der Waals surface area contributed by atoms with Gasteiger partial charge in [0.05, 0.1) is 23.6 Å². The molecule has 0 saturated heterocycles. The van der Waals surface area contributed by atoms with E-state index in [0.717, 1.165) is 18.5 Å². The van der Waals surface area contributed by atoms with Crippen LogP contribution in [-0.4, -0.2) is 49.5 Å². The third kappa shape index (κ3) is 4.40. The summed E-state index contributed by atoms with van der Waals surface area (Å²) in [4.78, 5) is 31.0. The summed E-state index contributed by atoms with van der Waals surface area (Å²) < 4.78 is 11.6. The molecule has 2 aromatic carbocycles. The van der Waals surface area contributed by atoms with Crippen LogP contribution in [0.3, 0.4) is 0 Å². The quantitative estimate of drug-likeness (QED) is 0.495. The van der Waals surface area contributed by atoms with E-state index < -0.39 is 6.04 Å². The standard InChI is InChI=1S/C27H32N2O4/c1-6-32-20-12-13-21-22(16-20)33-26-23(25(21)30)24(19-10-8-18(9-11-19)17(2)3)29(27(26)31)15-7-14-28(4)5/h8-13,16-17,24H,6-7,14-15H2,1-5H3. The monoisotopic (exact) mass is 448 g/mol. The zero-order valence-corrected chi connectivity index (χ0v) is 20.1. The lowest BCUT2D eigenvalue weighted by atomic mass is 9.95. The number of carbonyl (C=O) groups is 1. The first-order chi connectivity index (χ1) is 15.8. The molecule has 0 aliphatic carbocycles. The third-order valence-electron chi connectivity index (χ3n) is 6.17. The van der Waals surface area contributed by atoms with E-state index in [4.69, 9.17) is 9.15 Å². The molecule has 0 bridgehead atoms. The number of hydrogen-bond donors (Lipinski definition) is 0. The molecule has 0 radical (unpaired) electrons. The van der Waals surface area contributed by atoms with Crippen LogP contribution < -0.4 is 10.2 Å². The van der Waals surface area contributed by atoms with Crippen LogP contribution in [0.25, 0.3) is 11.0 Å². The fourth-order valence-corrected chi connectivity index (χ4v) is 4.45. The molecule has 6 nitrogen and oxygen atoms in total. The van der Waals surface area contributed by atoms with Gasteiger partial charge < -0.3 is 19.0 Å². The van der Waals surface area contributed by atoms with E-state index in [1.807, 2.05) is 33.2 Å². The van der Waals surface area contributed by atoms with Gasteiger partial charge in [-0.2, -0.15) is 0 Å². The van der Waals surface area contributed by atoms with Gasteiger partial charge in [-0.3, -0.25) is 9.59 Å². The Morgan fingerprint density at radius 1 is 1.09 bits per heavy atom. The molecule has 1 unspecified atom stereocenters. The van der Waals surface area contributed by atoms with E-state index in [1.165, 1.54) is 5.56 Å². The molecule has 0 fully saturated rings. The summed E-state index contributed by atoms with van der Waals surface area (Å²) in [7, 11) is 4.02. The van der Waals surface area contributed by atoms with Crippen LogP contribution >= 0.6 is 0 Å². The van der Waals surface area contributed by atoms with Crippen molar-refractivity contribution in [1.82, 2.24) is 9.80 Å². The summed E-state index contributed by atoms with van der Waals surface area (Å²) in [5.41, 5.74) is 2.79. The molecule has 6 heteroatoms. The molecule has 0 spiro atoms. The molecule has 0 N–H and O–H groups in total. The largest absolute Gasteiger partial charge is 0.494 e. The number of fused-ring (bicyclic) bond motifs is 2. The number of rotatable bonds is 8. The SMILES string of the molecule is CCOc1ccc2c(=O)c3c(oc2c1)C(=O)N(CCCN(C)C)C3c1ccc(C(C)C)cc1. The van der Waals surface area contributed by atoms with Gasteiger partial charge in [0, 0.05) is 12.6 Å². The summed E-state index contributed by atoms with van der Waals surface area (Å²) in [6.07, 6.45) is 0.801. The maximum Gasteiger partial charge on any atom is 0.290 e. The van der Waals surface area contributed by atoms with Crippen molar-refractivity contribution in [3.8, 4) is 5.75 Å². The van der Waals surface area contributed by atoms with Crippen molar-refractivity contribution in [1.29, 1.82) is 0 Å². The lowest BCUT2D eigenvalue weighted by molar-refractivity contribution is 0.0722. The molecule has 1 aromatic heterocycles. The van der Waals surface area contributed by atoms with Gasteiger partial charge in [0.15, 0.2) is 5.43 Å². The van der Waals surface area contributed by atoms with Crippen molar-refractivity contribution >= 4 is 16.9 Å². The Bertz CT molecular complexity index is 1210. The van der Waals surface area contributed by atoms with Crippen LogP contribution in [0.2, 0.25) is 0 Å². The van der Waals surface area contributed by atoms with Crippen LogP contribution in [0.4, 0.5) is 0 Å². The first-order valence-corrected chi connectivity index (χ1v) is 11.6. The molecule has 2 heterocycles. The van der Waals surface area contributed by atoms with Crippen molar-refractivity contribution in [2.24, 2.45) is 0 Å². The van der Waals surface area contributed by atoms with Crippen LogP contribution in [0.15, 0.2) is 51.7 Å². The number of nitrogens with zero attached hydrogens (tertiary/aromatic N) is 2. The Kier molecular flexibility index (Phi) is 6.56. The second-order valence-electron chi connectivity index (χ2n) is 9.14. The highest BCUT2D eigenvalue weighted by Crippen LogP contribution is 2.39. The molecular weight excluding hydrogens is 416 g/mol. The van der Waals surface area contributed by atoms with Crippen molar-refractivity contribution in [3.63, 3.8) is 0 Å². The van der Waals surface area contributed by atoms with Gasteiger partial charge in [-0.25, -0.2) is 0 Å². The zero-order chi connectivity index (χ0) is 23.7. The van der Waals surface area contributed by atoms with Gasteiger partial charge in [-0.1, -0.05) is 38.1 Å². The predicted molar refractivity (Wildman–Crippen MR) is 130 cm³/mol. The Morgan fingerprint density at radius 2 is 1.82 bits per heavy atom. The van der Waals surface area contributed by atoms with Crippen LogP contribution in [-0.2, 0) is 0 Å². The van der Waals surface area contributed by atoms with Crippen molar-refractivity contribution in [2.75, 3.05) is 33.8 Å². The van der Waals surface area contributed by atoms with E-state index in [9.17, 15) is 9.59 Å². The molecule has 0 saturated carbocycles. The lowest BCUT2D eigenvalue weighted by Gasteiger charge is -2.26. The number of amides is 1. The van der Waals surface area contributed by atoms with Crippen molar-refractivity contribution < 1.29 is 13.9 Å². The zero-order valence-electron chi connectivity index (χ0n) is 20.1. The first kappa shape index (κ1) is 23.1. The minimum atomic E-state index is -0.455. The molecule has 1 aliphatic rings. The number of ether oxygens (including phenoxy) is 1. The van der Waals surface area contributed by atoms with E-state index >= 15 is 0 Å². The molecule has 1 aliphatic heterocycles. The highest BCUT2D eigenvalue weighted by molar-refractivity contribution is 5.99. The summed E-state index contributed by atoms with van der Waals surface area (Å²) >= 11 is 0. The maximum atomic E-state index is 13.6. The highest BCUT2D eigenvalue weighted by atomic mass is 16.5. The molecule has 174 valence electrons. The van der Waals surface area contributed by atoms with Gasteiger partial charge in [0.2, 0.25) is 5.76 Å². The number of carbonyl (C=O) groups excluding carboxylic acids is 1. The van der Waals surface area contributed by atoms with Crippen LogP contribution in [0, 0.1) is 0 Å². The second kappa shape index (κ2) is 9.40. The average Bonchev–Trinajstić information content (AvgIpc) is 3.06. The summed E-state index contributed by atoms with van der Waals surface area (Å²) in [6.45, 7) is 8.08. The Morgan fingerprint density at radius 3 is 2.45 bits per heavy atom. The van der Waals surface area contributed by atoms with Crippen LogP contribution in [0.5, 0.6) is 5.75 Å². The average molecular weight is 449 g/mol. The maximum absolute atomic E-state index is 13.6. The van der Waals surface area contributed by atoms with Gasteiger partial charge in [0.1, 0.15) is 11.3 Å². The Hall–Kier alpha value is -3.12. The van der Waals surface area contributed by atoms with E-state index in [1.54, 1.807) is 23.1 Å². The molecular formula is C27H32N2O4. The Balaban J connectivity index is 1.84. The summed E-state index contributed by atoms with van der Waals surface area (Å²) in [6, 6.07) is 13.0. The lowest BCUT2D eigenvalue weighted by Crippen LogP contribution is -2.32. The first-order valence-electron chi connectivity index (χ1n) is 11.6. The normalized spacial score (nSPS) is 15.7. The predicted octanol–water partition coefficient (Wildman–Crippen LogP) is 4.81. The minimum Gasteiger partial charge on any atom is -0.494 e. The van der Waals surface area contributed by atoms with Gasteiger partial charge in [-0.05, 0) is 63.2 Å². The number of benzene rings is 2. The van der Waals surface area contributed by atoms with E-state index in [2.05, 4.69) is 30.9 Å². The van der Waals surface area contributed by atoms with Gasteiger partial charge in [-0.15, -0.1) is 0 Å². The Labute approximate surface area is 194 Å². The smallest absolute Gasteiger partial charge is 0.290 e. The summed E-state index contributed by atoms with van der Waals surface area (Å²) in [5.74, 6) is 0.926. The molecule has 1 atom stereocenters.